The Balaban J connectivity index is 1.72. The SMILES string of the molecule is Cc1cn2nc(C(=O)O)cc2c(N2CCC(n3cncn3)C2)n1. The van der Waals surface area contributed by atoms with E-state index in [4.69, 9.17) is 5.11 Å². The molecule has 1 atom stereocenters. The fourth-order valence-electron chi connectivity index (χ4n) is 2.98. The van der Waals surface area contributed by atoms with Gasteiger partial charge in [-0.25, -0.2) is 24.0 Å². The predicted octanol–water partition coefficient (Wildman–Crippen LogP) is 0.779. The van der Waals surface area contributed by atoms with Crippen LogP contribution in [0.3, 0.4) is 0 Å². The summed E-state index contributed by atoms with van der Waals surface area (Å²) in [6.07, 6.45) is 5.91. The third-order valence-electron chi connectivity index (χ3n) is 4.05. The predicted molar refractivity (Wildman–Crippen MR) is 80.6 cm³/mol. The molecule has 23 heavy (non-hydrogen) atoms. The molecule has 9 nitrogen and oxygen atoms in total. The standard InChI is InChI=1S/C14H15N7O2/c1-9-5-20-12(4-11(18-20)14(22)23)13(17-9)19-3-2-10(6-19)21-8-15-7-16-21/h4-5,7-8,10H,2-3,6H2,1H3,(H,22,23). The second-order valence-electron chi connectivity index (χ2n) is 5.63. The van der Waals surface area contributed by atoms with Crippen molar-refractivity contribution >= 4 is 17.3 Å². The van der Waals surface area contributed by atoms with Gasteiger partial charge in [-0.3, -0.25) is 0 Å². The van der Waals surface area contributed by atoms with E-state index in [0.717, 1.165) is 31.0 Å². The van der Waals surface area contributed by atoms with Crippen LogP contribution in [0, 0.1) is 6.92 Å². The van der Waals surface area contributed by atoms with Crippen molar-refractivity contribution in [3.05, 3.63) is 36.3 Å². The molecule has 0 aromatic carbocycles. The maximum absolute atomic E-state index is 11.2. The van der Waals surface area contributed by atoms with Crippen LogP contribution in [0.5, 0.6) is 0 Å². The van der Waals surface area contributed by atoms with Crippen LogP contribution in [0.2, 0.25) is 0 Å². The number of nitrogens with zero attached hydrogens (tertiary/aromatic N) is 7. The van der Waals surface area contributed by atoms with E-state index in [0.29, 0.717) is 5.52 Å². The number of carboxylic acids is 1. The van der Waals surface area contributed by atoms with E-state index >= 15 is 0 Å². The van der Waals surface area contributed by atoms with E-state index in [9.17, 15) is 4.79 Å². The Hall–Kier alpha value is -2.97. The summed E-state index contributed by atoms with van der Waals surface area (Å²) in [5, 5.41) is 17.4. The first-order valence-electron chi connectivity index (χ1n) is 7.31. The topological polar surface area (TPSA) is 101 Å². The number of hydrogen-bond donors (Lipinski definition) is 1. The Morgan fingerprint density at radius 2 is 2.30 bits per heavy atom. The lowest BCUT2D eigenvalue weighted by Gasteiger charge is -2.19. The number of carboxylic acid groups (broad SMARTS) is 1. The van der Waals surface area contributed by atoms with Crippen LogP contribution in [-0.4, -0.2) is 53.5 Å². The van der Waals surface area contributed by atoms with Crippen molar-refractivity contribution in [3.63, 3.8) is 0 Å². The van der Waals surface area contributed by atoms with Crippen molar-refractivity contribution in [2.75, 3.05) is 18.0 Å². The molecule has 1 unspecified atom stereocenters. The molecule has 1 aliphatic heterocycles. The largest absolute Gasteiger partial charge is 0.476 e. The number of aromatic carboxylic acids is 1. The monoisotopic (exact) mass is 313 g/mol. The molecule has 3 aromatic rings. The molecule has 0 radical (unpaired) electrons. The molecule has 1 aliphatic rings. The van der Waals surface area contributed by atoms with E-state index in [2.05, 4.69) is 25.1 Å². The van der Waals surface area contributed by atoms with Crippen LogP contribution in [-0.2, 0) is 0 Å². The molecule has 0 aliphatic carbocycles. The molecule has 0 saturated carbocycles. The molecule has 1 saturated heterocycles. The van der Waals surface area contributed by atoms with Gasteiger partial charge in [-0.15, -0.1) is 0 Å². The highest BCUT2D eigenvalue weighted by atomic mass is 16.4. The summed E-state index contributed by atoms with van der Waals surface area (Å²) in [7, 11) is 0. The number of carbonyl (C=O) groups is 1. The van der Waals surface area contributed by atoms with E-state index in [1.165, 1.54) is 6.33 Å². The average Bonchev–Trinajstić information content (AvgIpc) is 3.25. The lowest BCUT2D eigenvalue weighted by atomic mass is 10.3. The summed E-state index contributed by atoms with van der Waals surface area (Å²) in [4.78, 5) is 21.9. The van der Waals surface area contributed by atoms with Gasteiger partial charge in [0.25, 0.3) is 0 Å². The minimum absolute atomic E-state index is 0.0191. The molecule has 118 valence electrons. The van der Waals surface area contributed by atoms with Crippen LogP contribution < -0.4 is 4.90 Å². The first-order valence-corrected chi connectivity index (χ1v) is 7.31. The summed E-state index contributed by atoms with van der Waals surface area (Å²) in [6, 6.07) is 1.80. The van der Waals surface area contributed by atoms with Gasteiger partial charge in [0.2, 0.25) is 0 Å². The number of rotatable bonds is 3. The van der Waals surface area contributed by atoms with Gasteiger partial charge in [-0.05, 0) is 13.3 Å². The average molecular weight is 313 g/mol. The second kappa shape index (κ2) is 5.04. The summed E-state index contributed by atoms with van der Waals surface area (Å²) < 4.78 is 3.44. The van der Waals surface area contributed by atoms with Crippen molar-refractivity contribution in [1.82, 2.24) is 29.4 Å². The highest BCUT2D eigenvalue weighted by Gasteiger charge is 2.27. The van der Waals surface area contributed by atoms with Crippen molar-refractivity contribution in [2.45, 2.75) is 19.4 Å². The molecule has 4 rings (SSSR count). The Bertz CT molecular complexity index is 871. The molecular weight excluding hydrogens is 298 g/mol. The first kappa shape index (κ1) is 13.7. The normalized spacial score (nSPS) is 18.0. The molecule has 1 fully saturated rings. The Morgan fingerprint density at radius 1 is 1.43 bits per heavy atom. The summed E-state index contributed by atoms with van der Waals surface area (Å²) in [5.41, 5.74) is 1.51. The summed E-state index contributed by atoms with van der Waals surface area (Å²) in [6.45, 7) is 3.45. The van der Waals surface area contributed by atoms with Crippen LogP contribution in [0.25, 0.3) is 5.52 Å². The maximum Gasteiger partial charge on any atom is 0.356 e. The van der Waals surface area contributed by atoms with Crippen LogP contribution >= 0.6 is 0 Å². The van der Waals surface area contributed by atoms with Gasteiger partial charge in [0.1, 0.15) is 18.2 Å². The van der Waals surface area contributed by atoms with Crippen LogP contribution in [0.1, 0.15) is 28.6 Å². The van der Waals surface area contributed by atoms with Gasteiger partial charge in [0.15, 0.2) is 11.5 Å². The Morgan fingerprint density at radius 3 is 3.04 bits per heavy atom. The lowest BCUT2D eigenvalue weighted by molar-refractivity contribution is 0.0690. The fourth-order valence-corrected chi connectivity index (χ4v) is 2.98. The van der Waals surface area contributed by atoms with Gasteiger partial charge in [0.05, 0.1) is 17.9 Å². The van der Waals surface area contributed by atoms with Gasteiger partial charge < -0.3 is 10.0 Å². The molecule has 1 N–H and O–H groups in total. The van der Waals surface area contributed by atoms with E-state index in [1.807, 2.05) is 11.6 Å². The van der Waals surface area contributed by atoms with Gasteiger partial charge >= 0.3 is 5.97 Å². The number of fused-ring (bicyclic) bond motifs is 1. The van der Waals surface area contributed by atoms with Gasteiger partial charge in [0, 0.05) is 19.2 Å². The lowest BCUT2D eigenvalue weighted by Crippen LogP contribution is -2.23. The second-order valence-corrected chi connectivity index (χ2v) is 5.63. The number of aromatic nitrogens is 6. The first-order chi connectivity index (χ1) is 11.1. The van der Waals surface area contributed by atoms with Crippen LogP contribution in [0.15, 0.2) is 24.9 Å². The Kier molecular flexibility index (Phi) is 3.00. The minimum atomic E-state index is -1.04. The molecule has 9 heteroatoms. The molecule has 4 heterocycles. The van der Waals surface area contributed by atoms with Crippen molar-refractivity contribution < 1.29 is 9.90 Å². The zero-order valence-corrected chi connectivity index (χ0v) is 12.5. The van der Waals surface area contributed by atoms with Crippen molar-refractivity contribution in [1.29, 1.82) is 0 Å². The van der Waals surface area contributed by atoms with Crippen molar-refractivity contribution in [3.8, 4) is 0 Å². The van der Waals surface area contributed by atoms with Gasteiger partial charge in [-0.1, -0.05) is 0 Å². The van der Waals surface area contributed by atoms with E-state index in [1.54, 1.807) is 23.1 Å². The molecule has 0 amide bonds. The highest BCUT2D eigenvalue weighted by Crippen LogP contribution is 2.28. The Labute approximate surface area is 131 Å². The zero-order valence-electron chi connectivity index (χ0n) is 12.5. The third-order valence-corrected chi connectivity index (χ3v) is 4.05. The number of hydrogen-bond acceptors (Lipinski definition) is 6. The van der Waals surface area contributed by atoms with Gasteiger partial charge in [-0.2, -0.15) is 10.2 Å². The smallest absolute Gasteiger partial charge is 0.356 e. The third kappa shape index (κ3) is 2.30. The van der Waals surface area contributed by atoms with Crippen LogP contribution in [0.4, 0.5) is 5.82 Å². The molecule has 0 bridgehead atoms. The number of aryl methyl sites for hydroxylation is 1. The maximum atomic E-state index is 11.2. The minimum Gasteiger partial charge on any atom is -0.476 e. The summed E-state index contributed by atoms with van der Waals surface area (Å²) in [5.74, 6) is -0.285. The van der Waals surface area contributed by atoms with E-state index in [-0.39, 0.29) is 11.7 Å². The molecule has 3 aromatic heterocycles. The van der Waals surface area contributed by atoms with E-state index < -0.39 is 5.97 Å². The molecular formula is C14H15N7O2. The highest BCUT2D eigenvalue weighted by molar-refractivity contribution is 5.88. The molecule has 0 spiro atoms. The quantitative estimate of drug-likeness (QED) is 0.762. The number of anilines is 1. The zero-order chi connectivity index (χ0) is 16.0. The fraction of sp³-hybridized carbons (Fsp3) is 0.357. The van der Waals surface area contributed by atoms with Crippen molar-refractivity contribution in [2.24, 2.45) is 0 Å². The summed E-state index contributed by atoms with van der Waals surface area (Å²) >= 11 is 0.